The summed E-state index contributed by atoms with van der Waals surface area (Å²) in [6, 6.07) is 31.2. The Labute approximate surface area is 209 Å². The van der Waals surface area contributed by atoms with Crippen LogP contribution in [0.25, 0.3) is 55.6 Å². The van der Waals surface area contributed by atoms with Crippen LogP contribution in [0.1, 0.15) is 25.8 Å². The van der Waals surface area contributed by atoms with E-state index in [0.29, 0.717) is 0 Å². The Kier molecular flexibility index (Phi) is 5.45. The highest BCUT2D eigenvalue weighted by Gasteiger charge is 2.21. The maximum Gasteiger partial charge on any atom is 0.166 e. The minimum absolute atomic E-state index is 0.805. The second-order valence-electron chi connectivity index (χ2n) is 9.01. The Morgan fingerprint density at radius 3 is 2.06 bits per heavy atom. The molecule has 0 atom stereocenters. The Balaban J connectivity index is 0.000000765. The van der Waals surface area contributed by atoms with Gasteiger partial charge in [-0.15, -0.1) is 0 Å². The normalized spacial score (nSPS) is 11.3. The number of nitrogens with zero attached hydrogens (tertiary/aromatic N) is 5. The zero-order valence-electron chi connectivity index (χ0n) is 20.7. The fraction of sp³-hybridized carbons (Fsp3) is 0.129. The first-order chi connectivity index (χ1) is 17.7. The number of hydrogen-bond donors (Lipinski definition) is 0. The van der Waals surface area contributed by atoms with Crippen molar-refractivity contribution in [1.29, 1.82) is 0 Å². The summed E-state index contributed by atoms with van der Waals surface area (Å²) in [6.45, 7) is 6.35. The number of aryl methyl sites for hydroxylation is 1. The summed E-state index contributed by atoms with van der Waals surface area (Å²) in [4.78, 5) is 15.1. The van der Waals surface area contributed by atoms with Gasteiger partial charge in [-0.2, -0.15) is 0 Å². The smallest absolute Gasteiger partial charge is 0.166 e. The molecule has 0 spiro atoms. The lowest BCUT2D eigenvalue weighted by Gasteiger charge is -2.08. The molecular weight excluding hydrogens is 442 g/mol. The molecule has 4 aromatic heterocycles. The maximum atomic E-state index is 5.23. The molecule has 0 fully saturated rings. The highest BCUT2D eigenvalue weighted by Crippen LogP contribution is 2.34. The van der Waals surface area contributed by atoms with Crippen LogP contribution in [0.5, 0.6) is 0 Å². The van der Waals surface area contributed by atoms with Gasteiger partial charge in [0.1, 0.15) is 16.6 Å². The molecule has 7 aromatic rings. The summed E-state index contributed by atoms with van der Waals surface area (Å²) >= 11 is 0. The van der Waals surface area contributed by atoms with Gasteiger partial charge in [0.25, 0.3) is 0 Å². The molecule has 3 aromatic carbocycles. The van der Waals surface area contributed by atoms with Crippen molar-refractivity contribution in [2.24, 2.45) is 0 Å². The van der Waals surface area contributed by atoms with Crippen molar-refractivity contribution in [3.8, 4) is 11.4 Å². The monoisotopic (exact) mass is 469 g/mol. The molecule has 7 rings (SSSR count). The highest BCUT2D eigenvalue weighted by atomic mass is 15.1. The number of aromatic nitrogens is 5. The average molecular weight is 470 g/mol. The quantitative estimate of drug-likeness (QED) is 0.260. The van der Waals surface area contributed by atoms with Gasteiger partial charge >= 0.3 is 0 Å². The van der Waals surface area contributed by atoms with Gasteiger partial charge in [0.2, 0.25) is 0 Å². The number of benzene rings is 3. The van der Waals surface area contributed by atoms with Crippen LogP contribution in [0.3, 0.4) is 0 Å². The molecule has 0 saturated heterocycles. The van der Waals surface area contributed by atoms with Crippen LogP contribution in [0.15, 0.2) is 97.2 Å². The molecule has 36 heavy (non-hydrogen) atoms. The highest BCUT2D eigenvalue weighted by molar-refractivity contribution is 6.11. The van der Waals surface area contributed by atoms with Crippen molar-refractivity contribution < 1.29 is 0 Å². The summed E-state index contributed by atoms with van der Waals surface area (Å²) in [7, 11) is 0. The molecule has 0 aliphatic heterocycles. The van der Waals surface area contributed by atoms with E-state index in [4.69, 9.17) is 15.0 Å². The molecule has 0 aliphatic carbocycles. The van der Waals surface area contributed by atoms with E-state index in [1.807, 2.05) is 30.5 Å². The molecule has 0 N–H and O–H groups in total. The molecule has 0 aliphatic rings. The number of hydrogen-bond acceptors (Lipinski definition) is 3. The van der Waals surface area contributed by atoms with Gasteiger partial charge in [0.15, 0.2) is 11.3 Å². The molecule has 0 bridgehead atoms. The van der Waals surface area contributed by atoms with Crippen molar-refractivity contribution >= 4 is 44.3 Å². The lowest BCUT2D eigenvalue weighted by molar-refractivity contribution is 1.09. The zero-order valence-corrected chi connectivity index (χ0v) is 20.7. The Morgan fingerprint density at radius 1 is 0.611 bits per heavy atom. The molecule has 5 heteroatoms. The first-order valence-electron chi connectivity index (χ1n) is 12.4. The minimum Gasteiger partial charge on any atom is -0.293 e. The largest absolute Gasteiger partial charge is 0.293 e. The summed E-state index contributed by atoms with van der Waals surface area (Å²) in [6.07, 6.45) is 3.07. The lowest BCUT2D eigenvalue weighted by atomic mass is 10.2. The Hall–Kier alpha value is -4.51. The summed E-state index contributed by atoms with van der Waals surface area (Å²) < 4.78 is 4.36. The third kappa shape index (κ3) is 3.43. The summed E-state index contributed by atoms with van der Waals surface area (Å²) in [5, 5.41) is 1.08. The predicted octanol–water partition coefficient (Wildman–Crippen LogP) is 7.79. The van der Waals surface area contributed by atoms with Crippen molar-refractivity contribution in [2.75, 3.05) is 0 Å². The van der Waals surface area contributed by atoms with E-state index in [1.165, 1.54) is 12.0 Å². The second-order valence-corrected chi connectivity index (χ2v) is 9.01. The SMILES string of the molecule is CCC.Cc1cccc(-n2c3cccnc3c3nc4c(nc32)c2ccccc2n4-c2ccccc2)c1. The molecule has 4 heterocycles. The van der Waals surface area contributed by atoms with Crippen molar-refractivity contribution in [1.82, 2.24) is 24.1 Å². The molecule has 176 valence electrons. The van der Waals surface area contributed by atoms with Crippen LogP contribution in [0, 0.1) is 6.92 Å². The fourth-order valence-corrected chi connectivity index (χ4v) is 4.79. The van der Waals surface area contributed by atoms with E-state index in [2.05, 4.69) is 96.6 Å². The van der Waals surface area contributed by atoms with E-state index in [1.54, 1.807) is 0 Å². The number of fused-ring (bicyclic) bond motifs is 6. The second kappa shape index (κ2) is 8.93. The lowest BCUT2D eigenvalue weighted by Crippen LogP contribution is -1.98. The van der Waals surface area contributed by atoms with Gasteiger partial charge in [0, 0.05) is 23.0 Å². The molecule has 0 saturated carbocycles. The van der Waals surface area contributed by atoms with E-state index in [-0.39, 0.29) is 0 Å². The third-order valence-electron chi connectivity index (χ3n) is 6.21. The van der Waals surface area contributed by atoms with Crippen LogP contribution < -0.4 is 0 Å². The first kappa shape index (κ1) is 22.0. The standard InChI is InChI=1S/C28H19N5.C3H8/c1-18-9-7-12-20(17-18)33-23-15-8-16-29-25(23)26-28(33)30-24-21-13-5-6-14-22(21)32(27(24)31-26)19-10-3-2-4-11-19;1-3-2/h2-17H,1H3;3H2,1-2H3. The van der Waals surface area contributed by atoms with Crippen LogP contribution in [0.4, 0.5) is 0 Å². The Bertz CT molecular complexity index is 1840. The fourth-order valence-electron chi connectivity index (χ4n) is 4.79. The van der Waals surface area contributed by atoms with Gasteiger partial charge in [-0.3, -0.25) is 14.1 Å². The minimum atomic E-state index is 0.805. The van der Waals surface area contributed by atoms with Gasteiger partial charge in [-0.05, 0) is 55.0 Å². The zero-order chi connectivity index (χ0) is 24.6. The summed E-state index contributed by atoms with van der Waals surface area (Å²) in [5.74, 6) is 0. The van der Waals surface area contributed by atoms with E-state index < -0.39 is 0 Å². The van der Waals surface area contributed by atoms with E-state index >= 15 is 0 Å². The van der Waals surface area contributed by atoms with Crippen LogP contribution >= 0.6 is 0 Å². The molecule has 0 amide bonds. The van der Waals surface area contributed by atoms with Crippen molar-refractivity contribution in [3.63, 3.8) is 0 Å². The van der Waals surface area contributed by atoms with Gasteiger partial charge < -0.3 is 0 Å². The molecule has 0 unspecified atom stereocenters. The topological polar surface area (TPSA) is 48.5 Å². The summed E-state index contributed by atoms with van der Waals surface area (Å²) in [5.41, 5.74) is 9.61. The van der Waals surface area contributed by atoms with Gasteiger partial charge in [-0.1, -0.05) is 68.8 Å². The Morgan fingerprint density at radius 2 is 1.25 bits per heavy atom. The van der Waals surface area contributed by atoms with Crippen molar-refractivity contribution in [3.05, 3.63) is 103 Å². The van der Waals surface area contributed by atoms with Crippen LogP contribution in [-0.2, 0) is 0 Å². The molecule has 0 radical (unpaired) electrons. The predicted molar refractivity (Wildman–Crippen MR) is 149 cm³/mol. The maximum absolute atomic E-state index is 5.23. The van der Waals surface area contributed by atoms with Gasteiger partial charge in [-0.25, -0.2) is 9.97 Å². The molecular formula is C31H27N5. The van der Waals surface area contributed by atoms with Gasteiger partial charge in [0.05, 0.1) is 11.0 Å². The third-order valence-corrected chi connectivity index (χ3v) is 6.21. The number of rotatable bonds is 2. The van der Waals surface area contributed by atoms with E-state index in [0.717, 1.165) is 55.6 Å². The van der Waals surface area contributed by atoms with E-state index in [9.17, 15) is 0 Å². The number of pyridine rings is 1. The average Bonchev–Trinajstić information content (AvgIpc) is 3.41. The van der Waals surface area contributed by atoms with Crippen LogP contribution in [0.2, 0.25) is 0 Å². The van der Waals surface area contributed by atoms with Crippen molar-refractivity contribution in [2.45, 2.75) is 27.2 Å². The first-order valence-corrected chi connectivity index (χ1v) is 12.4. The number of para-hydroxylation sites is 2. The molecule has 5 nitrogen and oxygen atoms in total. The van der Waals surface area contributed by atoms with Crippen LogP contribution in [-0.4, -0.2) is 24.1 Å².